The number of rotatable bonds is 3. The normalized spacial score (nSPS) is 23.2. The molecule has 2 heteroatoms. The summed E-state index contributed by atoms with van der Waals surface area (Å²) in [4.78, 5) is 4.22. The number of aromatic nitrogens is 1. The van der Waals surface area contributed by atoms with Gasteiger partial charge in [-0.1, -0.05) is 38.8 Å². The lowest BCUT2D eigenvalue weighted by atomic mass is 9.89. The molecule has 0 amide bonds. The highest BCUT2D eigenvalue weighted by Crippen LogP contribution is 2.31. The zero-order valence-electron chi connectivity index (χ0n) is 13.2. The molecule has 2 unspecified atom stereocenters. The lowest BCUT2D eigenvalue weighted by molar-refractivity contribution is 0.341. The summed E-state index contributed by atoms with van der Waals surface area (Å²) in [7, 11) is 0. The standard InChI is InChI=1S/C19H26N2/c1-14(2)15-5-3-7-17(10-9-15)21-19-8-4-6-16-13-20-12-11-18(16)19/h4,6,8,11-15,17,21H,3,5,7,9-10H2,1-2H3. The van der Waals surface area contributed by atoms with E-state index in [1.165, 1.54) is 48.6 Å². The monoisotopic (exact) mass is 282 g/mol. The van der Waals surface area contributed by atoms with E-state index in [0.717, 1.165) is 11.8 Å². The minimum absolute atomic E-state index is 0.618. The van der Waals surface area contributed by atoms with Gasteiger partial charge in [-0.25, -0.2) is 0 Å². The number of nitrogens with one attached hydrogen (secondary N) is 1. The highest BCUT2D eigenvalue weighted by Gasteiger charge is 2.21. The van der Waals surface area contributed by atoms with Crippen LogP contribution in [-0.2, 0) is 0 Å². The highest BCUT2D eigenvalue weighted by atomic mass is 14.9. The van der Waals surface area contributed by atoms with Gasteiger partial charge in [-0.15, -0.1) is 0 Å². The van der Waals surface area contributed by atoms with Crippen LogP contribution in [0.25, 0.3) is 10.8 Å². The Morgan fingerprint density at radius 3 is 2.86 bits per heavy atom. The highest BCUT2D eigenvalue weighted by molar-refractivity contribution is 5.93. The van der Waals surface area contributed by atoms with Gasteiger partial charge in [0, 0.05) is 34.9 Å². The molecule has 0 bridgehead atoms. The van der Waals surface area contributed by atoms with Crippen LogP contribution in [0.3, 0.4) is 0 Å². The van der Waals surface area contributed by atoms with Crippen molar-refractivity contribution in [1.82, 2.24) is 4.98 Å². The van der Waals surface area contributed by atoms with Crippen molar-refractivity contribution >= 4 is 16.5 Å². The summed E-state index contributed by atoms with van der Waals surface area (Å²) in [6, 6.07) is 9.20. The molecule has 1 N–H and O–H groups in total. The van der Waals surface area contributed by atoms with Gasteiger partial charge in [0.1, 0.15) is 0 Å². The van der Waals surface area contributed by atoms with Crippen molar-refractivity contribution < 1.29 is 0 Å². The number of pyridine rings is 1. The SMILES string of the molecule is CC(C)C1CCCC(Nc2cccc3cnccc23)CC1. The number of benzene rings is 1. The van der Waals surface area contributed by atoms with Gasteiger partial charge in [0.2, 0.25) is 0 Å². The molecule has 21 heavy (non-hydrogen) atoms. The number of fused-ring (bicyclic) bond motifs is 1. The van der Waals surface area contributed by atoms with E-state index in [0.29, 0.717) is 6.04 Å². The molecule has 0 spiro atoms. The first-order valence-electron chi connectivity index (χ1n) is 8.33. The van der Waals surface area contributed by atoms with Crippen LogP contribution in [-0.4, -0.2) is 11.0 Å². The number of hydrogen-bond acceptors (Lipinski definition) is 2. The van der Waals surface area contributed by atoms with Crippen LogP contribution in [0.4, 0.5) is 5.69 Å². The van der Waals surface area contributed by atoms with Crippen LogP contribution < -0.4 is 5.32 Å². The summed E-state index contributed by atoms with van der Waals surface area (Å²) >= 11 is 0. The Balaban J connectivity index is 1.73. The smallest absolute Gasteiger partial charge is 0.0423 e. The molecule has 2 atom stereocenters. The van der Waals surface area contributed by atoms with E-state index in [1.54, 1.807) is 0 Å². The van der Waals surface area contributed by atoms with Gasteiger partial charge >= 0.3 is 0 Å². The van der Waals surface area contributed by atoms with Crippen molar-refractivity contribution in [2.75, 3.05) is 5.32 Å². The summed E-state index contributed by atoms with van der Waals surface area (Å²) < 4.78 is 0. The predicted molar refractivity (Wildman–Crippen MR) is 90.6 cm³/mol. The first kappa shape index (κ1) is 14.4. The Hall–Kier alpha value is -1.57. The summed E-state index contributed by atoms with van der Waals surface area (Å²) in [6.45, 7) is 4.74. The molecule has 1 saturated carbocycles. The maximum absolute atomic E-state index is 4.22. The van der Waals surface area contributed by atoms with Crippen molar-refractivity contribution in [3.05, 3.63) is 36.7 Å². The van der Waals surface area contributed by atoms with Gasteiger partial charge < -0.3 is 5.32 Å². The molecule has 0 aliphatic heterocycles. The zero-order chi connectivity index (χ0) is 14.7. The van der Waals surface area contributed by atoms with Crippen molar-refractivity contribution in [2.24, 2.45) is 11.8 Å². The maximum atomic E-state index is 4.22. The summed E-state index contributed by atoms with van der Waals surface area (Å²) in [5.74, 6) is 1.74. The molecule has 2 nitrogen and oxygen atoms in total. The largest absolute Gasteiger partial charge is 0.382 e. The molecule has 2 aromatic rings. The van der Waals surface area contributed by atoms with Crippen molar-refractivity contribution in [3.8, 4) is 0 Å². The molecule has 112 valence electrons. The lowest BCUT2D eigenvalue weighted by Gasteiger charge is -2.20. The van der Waals surface area contributed by atoms with E-state index in [2.05, 4.69) is 48.4 Å². The van der Waals surface area contributed by atoms with Crippen LogP contribution in [0.5, 0.6) is 0 Å². The van der Waals surface area contributed by atoms with Gasteiger partial charge in [0.25, 0.3) is 0 Å². The van der Waals surface area contributed by atoms with Crippen molar-refractivity contribution in [3.63, 3.8) is 0 Å². The minimum atomic E-state index is 0.618. The van der Waals surface area contributed by atoms with Crippen LogP contribution in [0.15, 0.2) is 36.7 Å². The van der Waals surface area contributed by atoms with E-state index in [9.17, 15) is 0 Å². The maximum Gasteiger partial charge on any atom is 0.0423 e. The van der Waals surface area contributed by atoms with Crippen LogP contribution in [0.1, 0.15) is 46.0 Å². The van der Waals surface area contributed by atoms with Gasteiger partial charge in [0.15, 0.2) is 0 Å². The van der Waals surface area contributed by atoms with E-state index < -0.39 is 0 Å². The fraction of sp³-hybridized carbons (Fsp3) is 0.526. The molecule has 1 aliphatic carbocycles. The fourth-order valence-corrected chi connectivity index (χ4v) is 3.61. The third-order valence-corrected chi connectivity index (χ3v) is 5.00. The average molecular weight is 282 g/mol. The van der Waals surface area contributed by atoms with Crippen molar-refractivity contribution in [2.45, 2.75) is 52.0 Å². The van der Waals surface area contributed by atoms with E-state index in [-0.39, 0.29) is 0 Å². The zero-order valence-corrected chi connectivity index (χ0v) is 13.2. The molecule has 1 aromatic carbocycles. The van der Waals surface area contributed by atoms with E-state index in [1.807, 2.05) is 12.4 Å². The quantitative estimate of drug-likeness (QED) is 0.777. The van der Waals surface area contributed by atoms with Crippen LogP contribution in [0, 0.1) is 11.8 Å². The molecular formula is C19H26N2. The Morgan fingerprint density at radius 1 is 1.10 bits per heavy atom. The number of hydrogen-bond donors (Lipinski definition) is 1. The first-order chi connectivity index (χ1) is 10.2. The third kappa shape index (κ3) is 3.37. The molecule has 1 aromatic heterocycles. The molecule has 0 radical (unpaired) electrons. The molecule has 1 aliphatic rings. The number of nitrogens with zero attached hydrogens (tertiary/aromatic N) is 1. The summed E-state index contributed by atoms with van der Waals surface area (Å²) in [5.41, 5.74) is 1.27. The predicted octanol–water partition coefficient (Wildman–Crippen LogP) is 5.25. The lowest BCUT2D eigenvalue weighted by Crippen LogP contribution is -2.19. The summed E-state index contributed by atoms with van der Waals surface area (Å²) in [6.07, 6.45) is 10.5. The average Bonchev–Trinajstić information content (AvgIpc) is 2.73. The molecule has 3 rings (SSSR count). The van der Waals surface area contributed by atoms with Gasteiger partial charge in [0.05, 0.1) is 0 Å². The second-order valence-electron chi connectivity index (χ2n) is 6.76. The second kappa shape index (κ2) is 6.46. The molecule has 1 fully saturated rings. The summed E-state index contributed by atoms with van der Waals surface area (Å²) in [5, 5.41) is 6.30. The molecule has 1 heterocycles. The van der Waals surface area contributed by atoms with E-state index in [4.69, 9.17) is 0 Å². The molecule has 0 saturated heterocycles. The molecular weight excluding hydrogens is 256 g/mol. The second-order valence-corrected chi connectivity index (χ2v) is 6.76. The number of anilines is 1. The fourth-order valence-electron chi connectivity index (χ4n) is 3.61. The third-order valence-electron chi connectivity index (χ3n) is 5.00. The van der Waals surface area contributed by atoms with Crippen LogP contribution in [0.2, 0.25) is 0 Å². The van der Waals surface area contributed by atoms with Crippen molar-refractivity contribution in [1.29, 1.82) is 0 Å². The minimum Gasteiger partial charge on any atom is -0.382 e. The Labute approximate surface area is 128 Å². The van der Waals surface area contributed by atoms with Gasteiger partial charge in [-0.3, -0.25) is 4.98 Å². The van der Waals surface area contributed by atoms with Gasteiger partial charge in [-0.05, 0) is 43.2 Å². The van der Waals surface area contributed by atoms with Gasteiger partial charge in [-0.2, -0.15) is 0 Å². The Kier molecular flexibility index (Phi) is 4.42. The van der Waals surface area contributed by atoms with E-state index >= 15 is 0 Å². The first-order valence-corrected chi connectivity index (χ1v) is 8.33. The Bertz CT molecular complexity index is 586. The Morgan fingerprint density at radius 2 is 2.00 bits per heavy atom. The topological polar surface area (TPSA) is 24.9 Å². The van der Waals surface area contributed by atoms with Crippen LogP contribution >= 0.6 is 0 Å².